The van der Waals surface area contributed by atoms with Gasteiger partial charge in [0.15, 0.2) is 10.2 Å². The maximum absolute atomic E-state index is 12.4. The number of nitrogens with zero attached hydrogens (tertiary/aromatic N) is 1. The fourth-order valence-electron chi connectivity index (χ4n) is 2.51. The third kappa shape index (κ3) is 5.48. The Hall–Kier alpha value is -2.20. The van der Waals surface area contributed by atoms with Crippen LogP contribution in [-0.2, 0) is 0 Å². The SMILES string of the molecule is CCOc1ccc(C(=O)NC(=S)Nc2nc(-c3ccc(OC)c(Br)c3)cs2)cc1Cl. The van der Waals surface area contributed by atoms with Crippen LogP contribution in [0.25, 0.3) is 11.3 Å². The van der Waals surface area contributed by atoms with Crippen molar-refractivity contribution in [2.24, 2.45) is 0 Å². The van der Waals surface area contributed by atoms with E-state index in [0.717, 1.165) is 21.5 Å². The van der Waals surface area contributed by atoms with Crippen LogP contribution in [0.3, 0.4) is 0 Å². The third-order valence-electron chi connectivity index (χ3n) is 3.89. The van der Waals surface area contributed by atoms with Crippen LogP contribution in [-0.4, -0.2) is 29.7 Å². The number of halogens is 2. The molecule has 1 amide bonds. The molecule has 10 heteroatoms. The highest BCUT2D eigenvalue weighted by Gasteiger charge is 2.13. The molecule has 0 unspecified atom stereocenters. The van der Waals surface area contributed by atoms with E-state index in [1.165, 1.54) is 17.4 Å². The second-order valence-electron chi connectivity index (χ2n) is 5.87. The number of amides is 1. The predicted molar refractivity (Wildman–Crippen MR) is 128 cm³/mol. The molecule has 0 aliphatic heterocycles. The maximum atomic E-state index is 12.4. The molecule has 1 heterocycles. The molecule has 6 nitrogen and oxygen atoms in total. The van der Waals surface area contributed by atoms with E-state index in [9.17, 15) is 4.79 Å². The topological polar surface area (TPSA) is 72.5 Å². The van der Waals surface area contributed by atoms with Crippen LogP contribution in [0.5, 0.6) is 11.5 Å². The molecule has 0 saturated heterocycles. The lowest BCUT2D eigenvalue weighted by Crippen LogP contribution is -2.34. The van der Waals surface area contributed by atoms with Crippen LogP contribution in [0, 0.1) is 0 Å². The smallest absolute Gasteiger partial charge is 0.257 e. The van der Waals surface area contributed by atoms with E-state index in [4.69, 9.17) is 33.3 Å². The number of anilines is 1. The fraction of sp³-hybridized carbons (Fsp3) is 0.150. The molecular weight excluding hydrogens is 510 g/mol. The molecule has 2 aromatic carbocycles. The summed E-state index contributed by atoms with van der Waals surface area (Å²) in [6, 6.07) is 10.5. The number of aromatic nitrogens is 1. The Morgan fingerprint density at radius 2 is 2.03 bits per heavy atom. The quantitative estimate of drug-likeness (QED) is 0.398. The lowest BCUT2D eigenvalue weighted by Gasteiger charge is -2.09. The van der Waals surface area contributed by atoms with Gasteiger partial charge in [-0.1, -0.05) is 11.6 Å². The van der Waals surface area contributed by atoms with E-state index < -0.39 is 0 Å². The minimum Gasteiger partial charge on any atom is -0.496 e. The van der Waals surface area contributed by atoms with Gasteiger partial charge in [-0.2, -0.15) is 0 Å². The van der Waals surface area contributed by atoms with Crippen molar-refractivity contribution in [2.75, 3.05) is 19.0 Å². The van der Waals surface area contributed by atoms with Crippen LogP contribution in [0.1, 0.15) is 17.3 Å². The van der Waals surface area contributed by atoms with Crippen LogP contribution in [0.2, 0.25) is 5.02 Å². The number of methoxy groups -OCH3 is 1. The van der Waals surface area contributed by atoms with Gasteiger partial charge in [-0.3, -0.25) is 10.1 Å². The van der Waals surface area contributed by atoms with Gasteiger partial charge in [0.2, 0.25) is 0 Å². The van der Waals surface area contributed by atoms with Crippen molar-refractivity contribution in [1.82, 2.24) is 10.3 Å². The highest BCUT2D eigenvalue weighted by atomic mass is 79.9. The molecular formula is C20H17BrClN3O3S2. The van der Waals surface area contributed by atoms with Crippen molar-refractivity contribution in [3.8, 4) is 22.8 Å². The molecule has 3 aromatic rings. The van der Waals surface area contributed by atoms with Crippen LogP contribution >= 0.6 is 51.1 Å². The highest BCUT2D eigenvalue weighted by Crippen LogP contribution is 2.32. The van der Waals surface area contributed by atoms with E-state index >= 15 is 0 Å². The van der Waals surface area contributed by atoms with Gasteiger partial charge in [0.25, 0.3) is 5.91 Å². The average molecular weight is 527 g/mol. The van der Waals surface area contributed by atoms with Crippen molar-refractivity contribution in [2.45, 2.75) is 6.92 Å². The maximum Gasteiger partial charge on any atom is 0.257 e. The summed E-state index contributed by atoms with van der Waals surface area (Å²) in [5, 5.41) is 8.51. The first-order chi connectivity index (χ1) is 14.4. The highest BCUT2D eigenvalue weighted by molar-refractivity contribution is 9.10. The first-order valence-corrected chi connectivity index (χ1v) is 11.2. The van der Waals surface area contributed by atoms with Gasteiger partial charge in [0.05, 0.1) is 28.9 Å². The van der Waals surface area contributed by atoms with Crippen molar-refractivity contribution in [3.05, 3.63) is 56.8 Å². The first kappa shape index (κ1) is 22.5. The number of rotatable bonds is 6. The van der Waals surface area contributed by atoms with Crippen LogP contribution in [0.4, 0.5) is 5.13 Å². The Kier molecular flexibility index (Phi) is 7.65. The Labute approximate surface area is 196 Å². The van der Waals surface area contributed by atoms with Gasteiger partial charge in [-0.25, -0.2) is 4.98 Å². The molecule has 0 fully saturated rings. The van der Waals surface area contributed by atoms with Crippen molar-refractivity contribution in [3.63, 3.8) is 0 Å². The van der Waals surface area contributed by atoms with Gasteiger partial charge in [-0.15, -0.1) is 11.3 Å². The van der Waals surface area contributed by atoms with E-state index in [2.05, 4.69) is 31.5 Å². The van der Waals surface area contributed by atoms with Crippen molar-refractivity contribution < 1.29 is 14.3 Å². The zero-order valence-corrected chi connectivity index (χ0v) is 20.0. The number of thiazole rings is 1. The van der Waals surface area contributed by atoms with Gasteiger partial charge in [0.1, 0.15) is 11.5 Å². The Balaban J connectivity index is 1.63. The predicted octanol–water partition coefficient (Wildman–Crippen LogP) is 5.76. The summed E-state index contributed by atoms with van der Waals surface area (Å²) < 4.78 is 11.5. The van der Waals surface area contributed by atoms with Gasteiger partial charge in [0, 0.05) is 16.5 Å². The lowest BCUT2D eigenvalue weighted by molar-refractivity contribution is 0.0977. The second-order valence-corrected chi connectivity index (χ2v) is 8.40. The molecule has 0 saturated carbocycles. The molecule has 30 heavy (non-hydrogen) atoms. The van der Waals surface area contributed by atoms with Gasteiger partial charge in [-0.05, 0) is 71.5 Å². The van der Waals surface area contributed by atoms with Crippen molar-refractivity contribution in [1.29, 1.82) is 0 Å². The van der Waals surface area contributed by atoms with Gasteiger partial charge < -0.3 is 14.8 Å². The summed E-state index contributed by atoms with van der Waals surface area (Å²) in [7, 11) is 1.61. The molecule has 0 radical (unpaired) electrons. The second kappa shape index (κ2) is 10.2. The van der Waals surface area contributed by atoms with Crippen LogP contribution in [0.15, 0.2) is 46.3 Å². The number of carbonyl (C=O) groups excluding carboxylic acids is 1. The van der Waals surface area contributed by atoms with E-state index in [1.54, 1.807) is 19.2 Å². The molecule has 0 spiro atoms. The molecule has 0 aliphatic carbocycles. The number of hydrogen-bond donors (Lipinski definition) is 2. The third-order valence-corrected chi connectivity index (χ3v) is 5.77. The molecule has 0 bridgehead atoms. The average Bonchev–Trinajstić information content (AvgIpc) is 3.17. The Morgan fingerprint density at radius 1 is 1.27 bits per heavy atom. The fourth-order valence-corrected chi connectivity index (χ4v) is 4.26. The lowest BCUT2D eigenvalue weighted by atomic mass is 10.2. The van der Waals surface area contributed by atoms with E-state index in [0.29, 0.717) is 28.1 Å². The van der Waals surface area contributed by atoms with Crippen LogP contribution < -0.4 is 20.1 Å². The Morgan fingerprint density at radius 3 is 2.70 bits per heavy atom. The summed E-state index contributed by atoms with van der Waals surface area (Å²) >= 11 is 16.2. The number of hydrogen-bond acceptors (Lipinski definition) is 6. The minimum absolute atomic E-state index is 0.141. The zero-order valence-electron chi connectivity index (χ0n) is 16.0. The number of ether oxygens (including phenoxy) is 2. The molecule has 156 valence electrons. The van der Waals surface area contributed by atoms with E-state index in [-0.39, 0.29) is 11.0 Å². The largest absolute Gasteiger partial charge is 0.496 e. The molecule has 0 atom stereocenters. The normalized spacial score (nSPS) is 10.4. The number of carbonyl (C=O) groups is 1. The number of benzene rings is 2. The summed E-state index contributed by atoms with van der Waals surface area (Å²) in [6.45, 7) is 2.35. The van der Waals surface area contributed by atoms with Crippen molar-refractivity contribution >= 4 is 67.2 Å². The molecule has 2 N–H and O–H groups in total. The van der Waals surface area contributed by atoms with E-state index in [1.807, 2.05) is 30.5 Å². The summed E-state index contributed by atoms with van der Waals surface area (Å²) in [4.78, 5) is 16.9. The summed E-state index contributed by atoms with van der Waals surface area (Å²) in [5.41, 5.74) is 2.07. The van der Waals surface area contributed by atoms with Gasteiger partial charge >= 0.3 is 0 Å². The molecule has 0 aliphatic rings. The molecule has 1 aromatic heterocycles. The first-order valence-electron chi connectivity index (χ1n) is 8.75. The summed E-state index contributed by atoms with van der Waals surface area (Å²) in [6.07, 6.45) is 0. The minimum atomic E-state index is -0.381. The monoisotopic (exact) mass is 525 g/mol. The Bertz CT molecular complexity index is 1090. The standard InChI is InChI=1S/C20H17BrClN3O3S2/c1-3-28-17-7-5-12(9-14(17)22)18(26)24-19(29)25-20-23-15(10-30-20)11-4-6-16(27-2)13(21)8-11/h4-10H,3H2,1-2H3,(H2,23,24,25,26,29). The molecule has 3 rings (SSSR count). The zero-order chi connectivity index (χ0) is 21.7. The number of thiocarbonyl (C=S) groups is 1. The summed E-state index contributed by atoms with van der Waals surface area (Å²) in [5.74, 6) is 0.885. The number of nitrogens with one attached hydrogen (secondary N) is 2.